The van der Waals surface area contributed by atoms with Gasteiger partial charge in [0, 0.05) is 0 Å². The fourth-order valence-electron chi connectivity index (χ4n) is 0. The van der Waals surface area contributed by atoms with Gasteiger partial charge in [-0.2, -0.15) is 0 Å². The molecule has 0 spiro atoms. The monoisotopic (exact) mass is 161 g/mol. The van der Waals surface area contributed by atoms with E-state index < -0.39 is 12.5 Å². The van der Waals surface area contributed by atoms with Crippen LogP contribution in [0.3, 0.4) is 0 Å². The van der Waals surface area contributed by atoms with E-state index in [1.165, 1.54) is 0 Å². The van der Waals surface area contributed by atoms with Crippen molar-refractivity contribution >= 4 is 12.5 Å². The molecule has 2 heteroatoms. The summed E-state index contributed by atoms with van der Waals surface area (Å²) in [5.74, 6) is 0. The Morgan fingerprint density at radius 3 is 1.29 bits per heavy atom. The standard InChI is InChI=1S/C5H12AsN/c1-6(2,3,4)5-7/h1-4H3. The molecule has 0 aliphatic rings. The van der Waals surface area contributed by atoms with E-state index >= 15 is 0 Å². The molecular weight excluding hydrogens is 149 g/mol. The van der Waals surface area contributed by atoms with E-state index in [0.29, 0.717) is 0 Å². The van der Waals surface area contributed by atoms with Crippen LogP contribution in [0.15, 0.2) is 0 Å². The summed E-state index contributed by atoms with van der Waals surface area (Å²) in [7, 11) is 0. The van der Waals surface area contributed by atoms with E-state index in [1.54, 1.807) is 0 Å². The molecular formula is C5H12AsN. The Morgan fingerprint density at radius 1 is 1.14 bits per heavy atom. The number of rotatable bonds is 0. The van der Waals surface area contributed by atoms with E-state index in [-0.39, 0.29) is 0 Å². The van der Waals surface area contributed by atoms with Crippen molar-refractivity contribution in [2.45, 2.75) is 22.8 Å². The predicted octanol–water partition coefficient (Wildman–Crippen LogP) is 1.97. The second kappa shape index (κ2) is 1.26. The van der Waals surface area contributed by atoms with Gasteiger partial charge < -0.3 is 0 Å². The average Bonchev–Trinajstić information content (AvgIpc) is 1.32. The van der Waals surface area contributed by atoms with Gasteiger partial charge in [0.2, 0.25) is 0 Å². The summed E-state index contributed by atoms with van der Waals surface area (Å²) in [6.07, 6.45) is 0. The summed E-state index contributed by atoms with van der Waals surface area (Å²) in [6.45, 7) is 0. The molecule has 0 atom stereocenters. The van der Waals surface area contributed by atoms with Gasteiger partial charge in [0.25, 0.3) is 0 Å². The van der Waals surface area contributed by atoms with Crippen molar-refractivity contribution in [2.75, 3.05) is 0 Å². The molecule has 0 aromatic rings. The van der Waals surface area contributed by atoms with Gasteiger partial charge in [0.1, 0.15) is 0 Å². The van der Waals surface area contributed by atoms with Crippen molar-refractivity contribution in [2.24, 2.45) is 0 Å². The van der Waals surface area contributed by atoms with Crippen LogP contribution >= 0.6 is 0 Å². The van der Waals surface area contributed by atoms with Gasteiger partial charge >= 0.3 is 45.4 Å². The minimum atomic E-state index is -2.23. The van der Waals surface area contributed by atoms with Gasteiger partial charge in [0.05, 0.1) is 0 Å². The van der Waals surface area contributed by atoms with Crippen molar-refractivity contribution in [1.82, 2.24) is 0 Å². The maximum atomic E-state index is 8.49. The third kappa shape index (κ3) is 6.05. The third-order valence-corrected chi connectivity index (χ3v) is 2.08. The van der Waals surface area contributed by atoms with E-state index in [0.717, 1.165) is 0 Å². The molecule has 0 aromatic carbocycles. The maximum absolute atomic E-state index is 8.49. The summed E-state index contributed by atoms with van der Waals surface area (Å²) < 4.78 is 0. The quantitative estimate of drug-likeness (QED) is 0.498. The summed E-state index contributed by atoms with van der Waals surface area (Å²) in [5, 5.41) is 8.49. The number of nitrogens with zero attached hydrogens (tertiary/aromatic N) is 1. The Bertz CT molecular complexity index is 103. The van der Waals surface area contributed by atoms with Gasteiger partial charge in [-0.3, -0.25) is 0 Å². The second-order valence-corrected chi connectivity index (χ2v) is 19.1. The van der Waals surface area contributed by atoms with E-state index in [4.69, 9.17) is 5.26 Å². The minimum absolute atomic E-state index is 2.08. The zero-order valence-corrected chi connectivity index (χ0v) is 7.27. The molecule has 0 rings (SSSR count). The Labute approximate surface area is 46.0 Å². The molecule has 0 saturated carbocycles. The van der Waals surface area contributed by atoms with E-state index in [9.17, 15) is 0 Å². The summed E-state index contributed by atoms with van der Waals surface area (Å²) in [4.78, 5) is 2.36. The molecule has 7 heavy (non-hydrogen) atoms. The van der Waals surface area contributed by atoms with Gasteiger partial charge in [-0.1, -0.05) is 0 Å². The summed E-state index contributed by atoms with van der Waals surface area (Å²) in [5.41, 5.74) is 8.33. The van der Waals surface area contributed by atoms with Gasteiger partial charge in [-0.05, 0) is 0 Å². The number of hydrogen-bond donors (Lipinski definition) is 0. The van der Waals surface area contributed by atoms with Crippen molar-refractivity contribution in [3.8, 4) is 4.86 Å². The summed E-state index contributed by atoms with van der Waals surface area (Å²) >= 11 is -2.23. The molecule has 0 aliphatic carbocycles. The predicted molar refractivity (Wildman–Crippen MR) is 34.8 cm³/mol. The van der Waals surface area contributed by atoms with Crippen LogP contribution in [0.2, 0.25) is 22.8 Å². The molecule has 0 heterocycles. The molecule has 42 valence electrons. The normalized spacial score (nSPS) is 16.7. The molecule has 0 aliphatic heterocycles. The van der Waals surface area contributed by atoms with E-state index in [1.807, 2.05) is 0 Å². The SMILES string of the molecule is C[As](C)(C)(C)C#N. The second-order valence-electron chi connectivity index (χ2n) is 3.68. The van der Waals surface area contributed by atoms with Crippen LogP contribution < -0.4 is 0 Å². The van der Waals surface area contributed by atoms with Crippen molar-refractivity contribution in [1.29, 1.82) is 5.26 Å². The number of hydrogen-bond acceptors (Lipinski definition) is 1. The van der Waals surface area contributed by atoms with Crippen LogP contribution in [-0.4, -0.2) is 12.5 Å². The first-order valence-electron chi connectivity index (χ1n) is 2.24. The van der Waals surface area contributed by atoms with Gasteiger partial charge in [0.15, 0.2) is 0 Å². The Hall–Kier alpha value is 0.0484. The average molecular weight is 161 g/mol. The first-order chi connectivity index (χ1) is 2.81. The molecule has 0 radical (unpaired) electrons. The van der Waals surface area contributed by atoms with Crippen LogP contribution in [-0.2, 0) is 0 Å². The molecule has 0 unspecified atom stereocenters. The molecule has 0 fully saturated rings. The zero-order chi connectivity index (χ0) is 6.15. The molecule has 0 bridgehead atoms. The number of nitriles is 1. The summed E-state index contributed by atoms with van der Waals surface area (Å²) in [6, 6.07) is 0. The fraction of sp³-hybridized carbons (Fsp3) is 0.800. The molecule has 0 saturated heterocycles. The Kier molecular flexibility index (Phi) is 1.27. The third-order valence-electron chi connectivity index (χ3n) is 0.400. The molecule has 0 aromatic heterocycles. The van der Waals surface area contributed by atoms with Gasteiger partial charge in [-0.25, -0.2) is 0 Å². The molecule has 1 nitrogen and oxygen atoms in total. The van der Waals surface area contributed by atoms with E-state index in [2.05, 4.69) is 27.7 Å². The van der Waals surface area contributed by atoms with Gasteiger partial charge in [-0.15, -0.1) is 0 Å². The fourth-order valence-corrected chi connectivity index (χ4v) is 0. The molecule has 0 N–H and O–H groups in total. The van der Waals surface area contributed by atoms with Crippen molar-refractivity contribution in [3.05, 3.63) is 0 Å². The van der Waals surface area contributed by atoms with Crippen LogP contribution in [0.1, 0.15) is 0 Å². The molecule has 0 amide bonds. The van der Waals surface area contributed by atoms with Crippen LogP contribution in [0.25, 0.3) is 0 Å². The topological polar surface area (TPSA) is 23.8 Å². The first-order valence-corrected chi connectivity index (χ1v) is 10.7. The van der Waals surface area contributed by atoms with Crippen molar-refractivity contribution < 1.29 is 0 Å². The zero-order valence-electron chi connectivity index (χ0n) is 5.39. The van der Waals surface area contributed by atoms with Crippen LogP contribution in [0.5, 0.6) is 0 Å². The van der Waals surface area contributed by atoms with Crippen molar-refractivity contribution in [3.63, 3.8) is 0 Å². The van der Waals surface area contributed by atoms with Crippen LogP contribution in [0, 0.1) is 10.1 Å². The first kappa shape index (κ1) is 7.05. The Morgan fingerprint density at radius 2 is 1.29 bits per heavy atom. The Balaban J connectivity index is 4.21. The van der Waals surface area contributed by atoms with Crippen LogP contribution in [0.4, 0.5) is 0 Å².